The number of carbonyl (C=O) groups excluding carboxylic acids is 2. The molecule has 0 bridgehead atoms. The molecule has 0 unspecified atom stereocenters. The van der Waals surface area contributed by atoms with E-state index in [2.05, 4.69) is 26.1 Å². The van der Waals surface area contributed by atoms with Crippen molar-refractivity contribution < 1.29 is 9.59 Å². The van der Waals surface area contributed by atoms with Crippen molar-refractivity contribution in [2.75, 3.05) is 16.8 Å². The zero-order valence-electron chi connectivity index (χ0n) is 15.9. The summed E-state index contributed by atoms with van der Waals surface area (Å²) in [7, 11) is 0. The van der Waals surface area contributed by atoms with Crippen molar-refractivity contribution in [2.24, 2.45) is 5.92 Å². The Bertz CT molecular complexity index is 819. The first-order valence-corrected chi connectivity index (χ1v) is 9.02. The van der Waals surface area contributed by atoms with Crippen LogP contribution in [0.5, 0.6) is 0 Å². The van der Waals surface area contributed by atoms with Crippen LogP contribution in [-0.4, -0.2) is 18.4 Å². The predicted octanol–water partition coefficient (Wildman–Crippen LogP) is 4.28. The van der Waals surface area contributed by atoms with Gasteiger partial charge in [0.15, 0.2) is 0 Å². The fourth-order valence-corrected chi connectivity index (χ4v) is 3.23. The van der Waals surface area contributed by atoms with E-state index in [9.17, 15) is 9.59 Å². The van der Waals surface area contributed by atoms with E-state index in [0.29, 0.717) is 6.54 Å². The number of hydrogen-bond donors (Lipinski definition) is 1. The van der Waals surface area contributed by atoms with Gasteiger partial charge in [0.25, 0.3) is 0 Å². The maximum atomic E-state index is 12.6. The van der Waals surface area contributed by atoms with Gasteiger partial charge in [-0.15, -0.1) is 0 Å². The number of benzene rings is 2. The SMILES string of the molecule is Cc1cccc(N2C[C@@H](C(=O)Nc3ccc(C(C)(C)C)cc3)CC2=O)c1. The van der Waals surface area contributed by atoms with Crippen LogP contribution in [0.4, 0.5) is 11.4 Å². The summed E-state index contributed by atoms with van der Waals surface area (Å²) >= 11 is 0. The summed E-state index contributed by atoms with van der Waals surface area (Å²) in [5, 5.41) is 2.95. The molecule has 4 heteroatoms. The lowest BCUT2D eigenvalue weighted by atomic mass is 9.87. The predicted molar refractivity (Wildman–Crippen MR) is 105 cm³/mol. The minimum Gasteiger partial charge on any atom is -0.326 e. The Morgan fingerprint density at radius 3 is 2.42 bits per heavy atom. The fraction of sp³-hybridized carbons (Fsp3) is 0.364. The standard InChI is InChI=1S/C22H26N2O2/c1-15-6-5-7-19(12-15)24-14-16(13-20(24)25)21(26)23-18-10-8-17(9-11-18)22(2,3)4/h5-12,16H,13-14H2,1-4H3,(H,23,26)/t16-/m0/s1. The molecule has 1 fully saturated rings. The van der Waals surface area contributed by atoms with Crippen LogP contribution < -0.4 is 10.2 Å². The number of nitrogens with one attached hydrogen (secondary N) is 1. The lowest BCUT2D eigenvalue weighted by Gasteiger charge is -2.19. The van der Waals surface area contributed by atoms with E-state index in [-0.39, 0.29) is 29.6 Å². The molecule has 136 valence electrons. The first-order valence-electron chi connectivity index (χ1n) is 9.02. The lowest BCUT2D eigenvalue weighted by Crippen LogP contribution is -2.28. The fourth-order valence-electron chi connectivity index (χ4n) is 3.23. The Labute approximate surface area is 155 Å². The molecule has 1 aliphatic rings. The van der Waals surface area contributed by atoms with Gasteiger partial charge in [-0.05, 0) is 47.7 Å². The van der Waals surface area contributed by atoms with E-state index in [1.807, 2.05) is 55.5 Å². The van der Waals surface area contributed by atoms with Crippen molar-refractivity contribution in [2.45, 2.75) is 39.5 Å². The summed E-state index contributed by atoms with van der Waals surface area (Å²) in [6, 6.07) is 15.7. The smallest absolute Gasteiger partial charge is 0.229 e. The van der Waals surface area contributed by atoms with Crippen LogP contribution in [0.3, 0.4) is 0 Å². The van der Waals surface area contributed by atoms with Gasteiger partial charge in [-0.3, -0.25) is 9.59 Å². The summed E-state index contributed by atoms with van der Waals surface area (Å²) in [6.07, 6.45) is 0.250. The molecule has 0 aliphatic carbocycles. The van der Waals surface area contributed by atoms with Crippen LogP contribution in [0, 0.1) is 12.8 Å². The molecule has 0 aromatic heterocycles. The van der Waals surface area contributed by atoms with Crippen molar-refractivity contribution in [3.05, 3.63) is 59.7 Å². The molecule has 1 atom stereocenters. The van der Waals surface area contributed by atoms with E-state index >= 15 is 0 Å². The second-order valence-electron chi connectivity index (χ2n) is 8.06. The summed E-state index contributed by atoms with van der Waals surface area (Å²) in [5.41, 5.74) is 4.03. The van der Waals surface area contributed by atoms with E-state index in [1.54, 1.807) is 4.90 Å². The molecule has 2 amide bonds. The first kappa shape index (κ1) is 18.2. The van der Waals surface area contributed by atoms with Crippen LogP contribution in [0.2, 0.25) is 0 Å². The number of hydrogen-bond acceptors (Lipinski definition) is 2. The Kier molecular flexibility index (Phi) is 4.86. The van der Waals surface area contributed by atoms with Gasteiger partial charge in [0.05, 0.1) is 5.92 Å². The Hall–Kier alpha value is -2.62. The number of rotatable bonds is 3. The molecule has 1 aliphatic heterocycles. The third-order valence-electron chi connectivity index (χ3n) is 4.83. The number of anilines is 2. The highest BCUT2D eigenvalue weighted by Gasteiger charge is 2.35. The lowest BCUT2D eigenvalue weighted by molar-refractivity contribution is -0.122. The average molecular weight is 350 g/mol. The number of carbonyl (C=O) groups is 2. The summed E-state index contributed by atoms with van der Waals surface area (Å²) in [4.78, 5) is 26.7. The monoisotopic (exact) mass is 350 g/mol. The molecule has 26 heavy (non-hydrogen) atoms. The van der Waals surface area contributed by atoms with Crippen LogP contribution in [0.1, 0.15) is 38.3 Å². The van der Waals surface area contributed by atoms with Gasteiger partial charge in [0.2, 0.25) is 11.8 Å². The van der Waals surface area contributed by atoms with E-state index in [1.165, 1.54) is 5.56 Å². The molecular weight excluding hydrogens is 324 g/mol. The molecular formula is C22H26N2O2. The average Bonchev–Trinajstić information content (AvgIpc) is 2.96. The van der Waals surface area contributed by atoms with Gasteiger partial charge in [-0.25, -0.2) is 0 Å². The Morgan fingerprint density at radius 2 is 1.81 bits per heavy atom. The molecule has 0 radical (unpaired) electrons. The van der Waals surface area contributed by atoms with Gasteiger partial charge < -0.3 is 10.2 Å². The van der Waals surface area contributed by atoms with Crippen molar-refractivity contribution in [1.29, 1.82) is 0 Å². The molecule has 1 saturated heterocycles. The van der Waals surface area contributed by atoms with Crippen molar-refractivity contribution in [3.8, 4) is 0 Å². The molecule has 1 N–H and O–H groups in total. The minimum absolute atomic E-state index is 0.00108. The van der Waals surface area contributed by atoms with Crippen molar-refractivity contribution in [1.82, 2.24) is 0 Å². The zero-order valence-corrected chi connectivity index (χ0v) is 15.9. The second kappa shape index (κ2) is 6.94. The highest BCUT2D eigenvalue weighted by Crippen LogP contribution is 2.27. The molecule has 2 aromatic rings. The maximum Gasteiger partial charge on any atom is 0.229 e. The van der Waals surface area contributed by atoms with Crippen molar-refractivity contribution >= 4 is 23.2 Å². The van der Waals surface area contributed by atoms with E-state index in [4.69, 9.17) is 0 Å². The van der Waals surface area contributed by atoms with Gasteiger partial charge in [-0.2, -0.15) is 0 Å². The maximum absolute atomic E-state index is 12.6. The largest absolute Gasteiger partial charge is 0.326 e. The molecule has 4 nitrogen and oxygen atoms in total. The summed E-state index contributed by atoms with van der Waals surface area (Å²) in [6.45, 7) is 8.89. The van der Waals surface area contributed by atoms with Crippen LogP contribution in [-0.2, 0) is 15.0 Å². The normalized spacial score (nSPS) is 17.5. The van der Waals surface area contributed by atoms with E-state index < -0.39 is 0 Å². The van der Waals surface area contributed by atoms with Gasteiger partial charge in [-0.1, -0.05) is 45.0 Å². The van der Waals surface area contributed by atoms with Crippen LogP contribution in [0.25, 0.3) is 0 Å². The molecule has 1 heterocycles. The summed E-state index contributed by atoms with van der Waals surface area (Å²) in [5.74, 6) is -0.429. The Morgan fingerprint density at radius 1 is 1.12 bits per heavy atom. The molecule has 0 spiro atoms. The van der Waals surface area contributed by atoms with Crippen LogP contribution >= 0.6 is 0 Å². The molecule has 3 rings (SSSR count). The zero-order chi connectivity index (χ0) is 18.9. The highest BCUT2D eigenvalue weighted by molar-refractivity contribution is 6.03. The van der Waals surface area contributed by atoms with Gasteiger partial charge in [0.1, 0.15) is 0 Å². The quantitative estimate of drug-likeness (QED) is 0.898. The highest BCUT2D eigenvalue weighted by atomic mass is 16.2. The van der Waals surface area contributed by atoms with Crippen LogP contribution in [0.15, 0.2) is 48.5 Å². The third kappa shape index (κ3) is 3.96. The molecule has 0 saturated carbocycles. The second-order valence-corrected chi connectivity index (χ2v) is 8.06. The third-order valence-corrected chi connectivity index (χ3v) is 4.83. The van der Waals surface area contributed by atoms with Gasteiger partial charge in [0, 0.05) is 24.3 Å². The van der Waals surface area contributed by atoms with Gasteiger partial charge >= 0.3 is 0 Å². The minimum atomic E-state index is -0.328. The Balaban J connectivity index is 1.67. The van der Waals surface area contributed by atoms with E-state index in [0.717, 1.165) is 16.9 Å². The molecule has 2 aromatic carbocycles. The first-order chi connectivity index (χ1) is 12.2. The summed E-state index contributed by atoms with van der Waals surface area (Å²) < 4.78 is 0. The van der Waals surface area contributed by atoms with Crippen molar-refractivity contribution in [3.63, 3.8) is 0 Å². The number of nitrogens with zero attached hydrogens (tertiary/aromatic N) is 1. The number of amides is 2. The topological polar surface area (TPSA) is 49.4 Å². The number of aryl methyl sites for hydroxylation is 1.